The molecule has 0 unspecified atom stereocenters. The minimum atomic E-state index is -1.77. The van der Waals surface area contributed by atoms with Crippen LogP contribution in [0.1, 0.15) is 48.9 Å². The Labute approximate surface area is 133 Å². The SMILES string of the molecule is O=C(NCC12CC3(F)CC(F)(CC(F)(C3)C1)C2)c1ccccc1. The maximum atomic E-state index is 14.9. The molecular formula is C18H20F3NO. The Balaban J connectivity index is 1.54. The van der Waals surface area contributed by atoms with Gasteiger partial charge in [0.05, 0.1) is 0 Å². The first-order chi connectivity index (χ1) is 10.7. The normalized spacial score (nSPS) is 44.3. The van der Waals surface area contributed by atoms with E-state index < -0.39 is 22.4 Å². The Bertz CT molecular complexity index is 593. The molecule has 0 saturated heterocycles. The molecule has 0 aliphatic heterocycles. The van der Waals surface area contributed by atoms with E-state index in [0.717, 1.165) is 0 Å². The van der Waals surface area contributed by atoms with Crippen molar-refractivity contribution in [1.82, 2.24) is 5.32 Å². The molecule has 2 nitrogen and oxygen atoms in total. The van der Waals surface area contributed by atoms with Crippen LogP contribution in [0.25, 0.3) is 0 Å². The van der Waals surface area contributed by atoms with Gasteiger partial charge in [-0.1, -0.05) is 18.2 Å². The molecular weight excluding hydrogens is 303 g/mol. The molecule has 4 aliphatic rings. The molecule has 0 aromatic heterocycles. The van der Waals surface area contributed by atoms with Crippen LogP contribution in [-0.2, 0) is 0 Å². The number of hydrogen-bond acceptors (Lipinski definition) is 1. The predicted octanol–water partition coefficient (Wildman–Crippen LogP) is 3.91. The number of rotatable bonds is 3. The molecule has 1 amide bonds. The van der Waals surface area contributed by atoms with Crippen LogP contribution in [0.3, 0.4) is 0 Å². The number of halogens is 3. The van der Waals surface area contributed by atoms with Gasteiger partial charge in [-0.2, -0.15) is 0 Å². The summed E-state index contributed by atoms with van der Waals surface area (Å²) in [6.45, 7) is 0.129. The van der Waals surface area contributed by atoms with Gasteiger partial charge in [0.15, 0.2) is 0 Å². The first-order valence-corrected chi connectivity index (χ1v) is 8.13. The van der Waals surface area contributed by atoms with Crippen LogP contribution in [0.15, 0.2) is 30.3 Å². The van der Waals surface area contributed by atoms with Gasteiger partial charge in [-0.15, -0.1) is 0 Å². The number of nitrogens with one attached hydrogen (secondary N) is 1. The van der Waals surface area contributed by atoms with E-state index in [1.807, 2.05) is 6.07 Å². The Morgan fingerprint density at radius 2 is 1.35 bits per heavy atom. The number of alkyl halides is 3. The highest BCUT2D eigenvalue weighted by Crippen LogP contribution is 2.67. The number of amides is 1. The fourth-order valence-corrected chi connectivity index (χ4v) is 5.62. The second kappa shape index (κ2) is 4.52. The van der Waals surface area contributed by atoms with Crippen molar-refractivity contribution in [2.75, 3.05) is 6.54 Å². The van der Waals surface area contributed by atoms with E-state index in [4.69, 9.17) is 0 Å². The number of carbonyl (C=O) groups is 1. The highest BCUT2D eigenvalue weighted by Gasteiger charge is 2.70. The molecule has 1 aromatic carbocycles. The van der Waals surface area contributed by atoms with Gasteiger partial charge >= 0.3 is 0 Å². The van der Waals surface area contributed by atoms with Crippen molar-refractivity contribution in [3.05, 3.63) is 35.9 Å². The topological polar surface area (TPSA) is 29.1 Å². The van der Waals surface area contributed by atoms with Gasteiger partial charge in [0.1, 0.15) is 17.0 Å². The number of hydrogen-bond donors (Lipinski definition) is 1. The molecule has 4 aliphatic carbocycles. The van der Waals surface area contributed by atoms with E-state index in [2.05, 4.69) is 5.32 Å². The van der Waals surface area contributed by atoms with Gasteiger partial charge < -0.3 is 5.32 Å². The second-order valence-electron chi connectivity index (χ2n) is 8.06. The van der Waals surface area contributed by atoms with E-state index in [-0.39, 0.29) is 51.0 Å². The zero-order valence-electron chi connectivity index (χ0n) is 12.9. The third-order valence-electron chi connectivity index (χ3n) is 5.64. The van der Waals surface area contributed by atoms with Crippen molar-refractivity contribution in [2.24, 2.45) is 5.41 Å². The van der Waals surface area contributed by atoms with Crippen LogP contribution in [0.5, 0.6) is 0 Å². The maximum Gasteiger partial charge on any atom is 0.251 e. The average Bonchev–Trinajstić information content (AvgIpc) is 2.40. The zero-order valence-corrected chi connectivity index (χ0v) is 12.9. The first-order valence-electron chi connectivity index (χ1n) is 8.13. The molecule has 0 atom stereocenters. The van der Waals surface area contributed by atoms with E-state index in [1.165, 1.54) is 0 Å². The van der Waals surface area contributed by atoms with Gasteiger partial charge in [0.2, 0.25) is 0 Å². The van der Waals surface area contributed by atoms with Crippen molar-refractivity contribution in [2.45, 2.75) is 55.5 Å². The monoisotopic (exact) mass is 323 g/mol. The smallest absolute Gasteiger partial charge is 0.251 e. The summed E-state index contributed by atoms with van der Waals surface area (Å²) in [4.78, 5) is 12.2. The van der Waals surface area contributed by atoms with Crippen LogP contribution >= 0.6 is 0 Å². The molecule has 5 heteroatoms. The highest BCUT2D eigenvalue weighted by atomic mass is 19.2. The van der Waals surface area contributed by atoms with Gasteiger partial charge in [0.25, 0.3) is 5.91 Å². The molecule has 0 heterocycles. The average molecular weight is 323 g/mol. The maximum absolute atomic E-state index is 14.9. The van der Waals surface area contributed by atoms with Crippen molar-refractivity contribution < 1.29 is 18.0 Å². The zero-order chi connectivity index (χ0) is 16.3. The quantitative estimate of drug-likeness (QED) is 0.898. The lowest BCUT2D eigenvalue weighted by Gasteiger charge is -2.63. The highest BCUT2D eigenvalue weighted by molar-refractivity contribution is 5.94. The minimum absolute atomic E-state index is 0.129. The largest absolute Gasteiger partial charge is 0.351 e. The van der Waals surface area contributed by atoms with Gasteiger partial charge in [-0.25, -0.2) is 13.2 Å². The van der Waals surface area contributed by atoms with E-state index in [1.54, 1.807) is 24.3 Å². The van der Waals surface area contributed by atoms with E-state index in [9.17, 15) is 18.0 Å². The van der Waals surface area contributed by atoms with Gasteiger partial charge in [-0.3, -0.25) is 4.79 Å². The molecule has 124 valence electrons. The molecule has 1 aromatic rings. The van der Waals surface area contributed by atoms with Crippen LogP contribution in [-0.4, -0.2) is 29.5 Å². The summed E-state index contributed by atoms with van der Waals surface area (Å²) in [5, 5.41) is 2.77. The lowest BCUT2D eigenvalue weighted by atomic mass is 9.46. The van der Waals surface area contributed by atoms with Crippen molar-refractivity contribution >= 4 is 5.91 Å². The van der Waals surface area contributed by atoms with Crippen molar-refractivity contribution in [3.63, 3.8) is 0 Å². The summed E-state index contributed by atoms with van der Waals surface area (Å²) in [5.41, 5.74) is -5.62. The fourth-order valence-electron chi connectivity index (χ4n) is 5.62. The number of carbonyl (C=O) groups excluding carboxylic acids is 1. The summed E-state index contributed by atoms with van der Waals surface area (Å²) in [7, 11) is 0. The molecule has 4 fully saturated rings. The van der Waals surface area contributed by atoms with Crippen molar-refractivity contribution in [3.8, 4) is 0 Å². The third kappa shape index (κ3) is 2.54. The summed E-state index contributed by atoms with van der Waals surface area (Å²) >= 11 is 0. The standard InChI is InChI=1S/C18H20F3NO/c19-16-6-15(12-22-14(23)13-4-2-1-3-5-13)7-17(20,9-16)11-18(21,8-15)10-16/h1-5H,6-12H2,(H,22,23). The van der Waals surface area contributed by atoms with Crippen molar-refractivity contribution in [1.29, 1.82) is 0 Å². The molecule has 0 spiro atoms. The summed E-state index contributed by atoms with van der Waals surface area (Å²) < 4.78 is 44.6. The Kier molecular flexibility index (Phi) is 2.95. The fraction of sp³-hybridized carbons (Fsp3) is 0.611. The molecule has 0 radical (unpaired) electrons. The molecule has 4 saturated carbocycles. The van der Waals surface area contributed by atoms with Crippen LogP contribution < -0.4 is 5.32 Å². The second-order valence-corrected chi connectivity index (χ2v) is 8.06. The van der Waals surface area contributed by atoms with Crippen LogP contribution in [0.4, 0.5) is 13.2 Å². The summed E-state index contributed by atoms with van der Waals surface area (Å²) in [5.74, 6) is -0.282. The molecule has 5 rings (SSSR count). The Morgan fingerprint density at radius 1 is 0.870 bits per heavy atom. The number of benzene rings is 1. The first kappa shape index (κ1) is 15.0. The molecule has 1 N–H and O–H groups in total. The molecule has 4 bridgehead atoms. The van der Waals surface area contributed by atoms with Crippen LogP contribution in [0, 0.1) is 5.41 Å². The summed E-state index contributed by atoms with van der Waals surface area (Å²) in [6.07, 6.45) is -0.147. The lowest BCUT2D eigenvalue weighted by Crippen LogP contribution is -2.67. The Hall–Kier alpha value is -1.52. The predicted molar refractivity (Wildman–Crippen MR) is 80.4 cm³/mol. The lowest BCUT2D eigenvalue weighted by molar-refractivity contribution is -0.214. The Morgan fingerprint density at radius 3 is 1.83 bits per heavy atom. The van der Waals surface area contributed by atoms with E-state index in [0.29, 0.717) is 5.56 Å². The van der Waals surface area contributed by atoms with Crippen LogP contribution in [0.2, 0.25) is 0 Å². The summed E-state index contributed by atoms with van der Waals surface area (Å²) in [6, 6.07) is 8.67. The molecule has 23 heavy (non-hydrogen) atoms. The third-order valence-corrected chi connectivity index (χ3v) is 5.64. The van der Waals surface area contributed by atoms with Gasteiger partial charge in [-0.05, 0) is 36.8 Å². The minimum Gasteiger partial charge on any atom is -0.351 e. The van der Waals surface area contributed by atoms with E-state index >= 15 is 0 Å². The van der Waals surface area contributed by atoms with Gasteiger partial charge in [0, 0.05) is 31.4 Å².